The molecule has 0 aliphatic heterocycles. The van der Waals surface area contributed by atoms with Crippen LogP contribution < -0.4 is 10.6 Å². The summed E-state index contributed by atoms with van der Waals surface area (Å²) in [6, 6.07) is 2.97. The molecule has 0 fully saturated rings. The minimum absolute atomic E-state index is 0.130. The summed E-state index contributed by atoms with van der Waals surface area (Å²) in [5.41, 5.74) is 1.54. The van der Waals surface area contributed by atoms with Crippen LogP contribution in [0.3, 0.4) is 0 Å². The van der Waals surface area contributed by atoms with Gasteiger partial charge in [0.1, 0.15) is 11.5 Å². The monoisotopic (exact) mass is 364 g/mol. The number of rotatable bonds is 7. The molecule has 2 N–H and O–H groups in total. The zero-order chi connectivity index (χ0) is 19.3. The molecule has 0 spiro atoms. The van der Waals surface area contributed by atoms with E-state index in [4.69, 9.17) is 0 Å². The molecular weight excluding hydrogens is 342 g/mol. The van der Waals surface area contributed by atoms with Crippen molar-refractivity contribution in [1.82, 2.24) is 20.4 Å². The Morgan fingerprint density at radius 2 is 2.04 bits per heavy atom. The molecule has 140 valence electrons. The van der Waals surface area contributed by atoms with Crippen molar-refractivity contribution in [2.24, 2.45) is 0 Å². The van der Waals surface area contributed by atoms with Crippen molar-refractivity contribution >= 4 is 11.8 Å². The van der Waals surface area contributed by atoms with Crippen LogP contribution in [0.1, 0.15) is 44.0 Å². The number of amides is 2. The maximum absolute atomic E-state index is 14.0. The topological polar surface area (TPSA) is 76.0 Å². The van der Waals surface area contributed by atoms with Crippen LogP contribution in [0.25, 0.3) is 5.69 Å². The van der Waals surface area contributed by atoms with E-state index in [0.29, 0.717) is 18.7 Å². The van der Waals surface area contributed by atoms with Crippen LogP contribution in [0, 0.1) is 18.6 Å². The molecule has 26 heavy (non-hydrogen) atoms. The second-order valence-corrected chi connectivity index (χ2v) is 6.07. The lowest BCUT2D eigenvalue weighted by Gasteiger charge is -2.14. The van der Waals surface area contributed by atoms with Crippen molar-refractivity contribution in [1.29, 1.82) is 0 Å². The number of nitrogens with zero attached hydrogens (tertiary/aromatic N) is 2. The summed E-state index contributed by atoms with van der Waals surface area (Å²) < 4.78 is 28.4. The molecule has 2 aromatic rings. The van der Waals surface area contributed by atoms with Crippen molar-refractivity contribution in [3.05, 3.63) is 47.3 Å². The van der Waals surface area contributed by atoms with Crippen molar-refractivity contribution in [2.75, 3.05) is 6.54 Å². The van der Waals surface area contributed by atoms with Gasteiger partial charge in [-0.1, -0.05) is 0 Å². The Morgan fingerprint density at radius 1 is 1.31 bits per heavy atom. The summed E-state index contributed by atoms with van der Waals surface area (Å²) in [5.74, 6) is -1.65. The second kappa shape index (κ2) is 8.55. The Hall–Kier alpha value is -2.77. The molecule has 0 bridgehead atoms. The van der Waals surface area contributed by atoms with Gasteiger partial charge in [-0.2, -0.15) is 5.10 Å². The van der Waals surface area contributed by atoms with Gasteiger partial charge in [0.15, 0.2) is 5.82 Å². The van der Waals surface area contributed by atoms with E-state index < -0.39 is 11.6 Å². The summed E-state index contributed by atoms with van der Waals surface area (Å²) in [6.45, 7) is 5.43. The van der Waals surface area contributed by atoms with E-state index in [1.165, 1.54) is 23.7 Å². The molecule has 0 saturated heterocycles. The molecule has 2 amide bonds. The average molecular weight is 364 g/mol. The lowest BCUT2D eigenvalue weighted by atomic mass is 10.1. The molecule has 0 aliphatic carbocycles. The van der Waals surface area contributed by atoms with Crippen LogP contribution in [0.5, 0.6) is 0 Å². The van der Waals surface area contributed by atoms with Gasteiger partial charge < -0.3 is 10.6 Å². The Bertz CT molecular complexity index is 804. The molecule has 2 rings (SSSR count). The first kappa shape index (κ1) is 19.6. The molecular formula is C18H22F2N4O2. The van der Waals surface area contributed by atoms with Crippen molar-refractivity contribution < 1.29 is 18.4 Å². The number of benzene rings is 1. The number of nitrogens with one attached hydrogen (secondary N) is 2. The van der Waals surface area contributed by atoms with E-state index in [0.717, 1.165) is 11.6 Å². The Labute approximate surface area is 150 Å². The first-order valence-corrected chi connectivity index (χ1v) is 8.33. The third-order valence-corrected chi connectivity index (χ3v) is 3.98. The zero-order valence-electron chi connectivity index (χ0n) is 15.0. The van der Waals surface area contributed by atoms with Gasteiger partial charge in [0.2, 0.25) is 11.8 Å². The third-order valence-electron chi connectivity index (χ3n) is 3.98. The van der Waals surface area contributed by atoms with Crippen molar-refractivity contribution in [3.63, 3.8) is 0 Å². The van der Waals surface area contributed by atoms with Gasteiger partial charge in [-0.3, -0.25) is 9.59 Å². The van der Waals surface area contributed by atoms with Gasteiger partial charge in [-0.05, 0) is 32.4 Å². The maximum atomic E-state index is 14.0. The highest BCUT2D eigenvalue weighted by molar-refractivity contribution is 5.76. The summed E-state index contributed by atoms with van der Waals surface area (Å²) in [4.78, 5) is 22.8. The van der Waals surface area contributed by atoms with Crippen molar-refractivity contribution in [3.8, 4) is 5.69 Å². The molecule has 1 aromatic carbocycles. The molecule has 1 aromatic heterocycles. The quantitative estimate of drug-likeness (QED) is 0.742. The first-order valence-electron chi connectivity index (χ1n) is 8.33. The minimum Gasteiger partial charge on any atom is -0.356 e. The highest BCUT2D eigenvalue weighted by atomic mass is 19.1. The number of aromatic nitrogens is 2. The van der Waals surface area contributed by atoms with Crippen LogP contribution in [0.15, 0.2) is 24.4 Å². The fourth-order valence-corrected chi connectivity index (χ4v) is 2.65. The Balaban J connectivity index is 2.02. The zero-order valence-corrected chi connectivity index (χ0v) is 15.0. The van der Waals surface area contributed by atoms with Gasteiger partial charge in [-0.15, -0.1) is 0 Å². The van der Waals surface area contributed by atoms with Gasteiger partial charge in [0.25, 0.3) is 0 Å². The SMILES string of the molecule is CC(=O)NCCCC(=O)N[C@H](C)c1cnn(-c2ccc(F)cc2F)c1C. The molecule has 0 aliphatic rings. The van der Waals surface area contributed by atoms with E-state index in [2.05, 4.69) is 15.7 Å². The van der Waals surface area contributed by atoms with Gasteiger partial charge in [-0.25, -0.2) is 13.5 Å². The van der Waals surface area contributed by atoms with E-state index in [9.17, 15) is 18.4 Å². The highest BCUT2D eigenvalue weighted by Gasteiger charge is 2.18. The van der Waals surface area contributed by atoms with Gasteiger partial charge in [0, 0.05) is 37.2 Å². The van der Waals surface area contributed by atoms with E-state index in [1.807, 2.05) is 0 Å². The van der Waals surface area contributed by atoms with Gasteiger partial charge >= 0.3 is 0 Å². The molecule has 0 radical (unpaired) electrons. The Kier molecular flexibility index (Phi) is 6.43. The van der Waals surface area contributed by atoms with E-state index in [-0.39, 0.29) is 30.0 Å². The minimum atomic E-state index is -0.711. The van der Waals surface area contributed by atoms with Crippen molar-refractivity contribution in [2.45, 2.75) is 39.7 Å². The van der Waals surface area contributed by atoms with Crippen LogP contribution >= 0.6 is 0 Å². The summed E-state index contributed by atoms with van der Waals surface area (Å²) in [6.07, 6.45) is 2.38. The predicted octanol–water partition coefficient (Wildman–Crippen LogP) is 2.55. The standard InChI is InChI=1S/C18H22F2N4O2/c1-11(23-18(26)5-4-8-21-13(3)25)15-10-22-24(12(15)2)17-7-6-14(19)9-16(17)20/h6-7,9-11H,4-5,8H2,1-3H3,(H,21,25)(H,23,26)/t11-/m1/s1. The molecule has 8 heteroatoms. The van der Waals surface area contributed by atoms with E-state index >= 15 is 0 Å². The van der Waals surface area contributed by atoms with E-state index in [1.54, 1.807) is 20.0 Å². The number of hydrogen-bond donors (Lipinski definition) is 2. The Morgan fingerprint density at radius 3 is 2.69 bits per heavy atom. The van der Waals surface area contributed by atoms with Gasteiger partial charge in [0.05, 0.1) is 12.2 Å². The highest BCUT2D eigenvalue weighted by Crippen LogP contribution is 2.22. The predicted molar refractivity (Wildman–Crippen MR) is 92.7 cm³/mol. The number of carbonyl (C=O) groups excluding carboxylic acids is 2. The third kappa shape index (κ3) is 4.87. The smallest absolute Gasteiger partial charge is 0.220 e. The lowest BCUT2D eigenvalue weighted by molar-refractivity contribution is -0.122. The van der Waals surface area contributed by atoms with Crippen LogP contribution in [-0.4, -0.2) is 28.1 Å². The average Bonchev–Trinajstić information content (AvgIpc) is 2.93. The summed E-state index contributed by atoms with van der Waals surface area (Å²) >= 11 is 0. The molecule has 1 heterocycles. The van der Waals surface area contributed by atoms with Crippen LogP contribution in [-0.2, 0) is 9.59 Å². The maximum Gasteiger partial charge on any atom is 0.220 e. The molecule has 6 nitrogen and oxygen atoms in total. The number of halogens is 2. The fourth-order valence-electron chi connectivity index (χ4n) is 2.65. The summed E-state index contributed by atoms with van der Waals surface area (Å²) in [7, 11) is 0. The summed E-state index contributed by atoms with van der Waals surface area (Å²) in [5, 5.41) is 9.64. The largest absolute Gasteiger partial charge is 0.356 e. The molecule has 0 unspecified atom stereocenters. The first-order chi connectivity index (χ1) is 12.3. The molecule has 0 saturated carbocycles. The lowest BCUT2D eigenvalue weighted by Crippen LogP contribution is -2.28. The van der Waals surface area contributed by atoms with Crippen LogP contribution in [0.4, 0.5) is 8.78 Å². The number of carbonyl (C=O) groups is 2. The normalized spacial score (nSPS) is 11.9. The fraction of sp³-hybridized carbons (Fsp3) is 0.389. The van der Waals surface area contributed by atoms with Crippen LogP contribution in [0.2, 0.25) is 0 Å². The second-order valence-electron chi connectivity index (χ2n) is 6.07. The number of hydrogen-bond acceptors (Lipinski definition) is 3. The molecule has 1 atom stereocenters.